The average Bonchev–Trinajstić information content (AvgIpc) is 2.83. The van der Waals surface area contributed by atoms with Crippen LogP contribution in [0.1, 0.15) is 11.3 Å². The highest BCUT2D eigenvalue weighted by Crippen LogP contribution is 2.17. The summed E-state index contributed by atoms with van der Waals surface area (Å²) in [6, 6.07) is 7.07. The molecule has 1 aromatic carbocycles. The third kappa shape index (κ3) is 4.06. The van der Waals surface area contributed by atoms with E-state index in [9.17, 15) is 4.79 Å². The zero-order valence-electron chi connectivity index (χ0n) is 10.7. The molecular formula is C13H13N3O3S. The van der Waals surface area contributed by atoms with E-state index >= 15 is 0 Å². The molecule has 104 valence electrons. The van der Waals surface area contributed by atoms with Crippen molar-refractivity contribution in [3.05, 3.63) is 40.9 Å². The number of carboxylic acids is 1. The molecule has 6 nitrogen and oxygen atoms in total. The molecular weight excluding hydrogens is 278 g/mol. The number of hydrazone groups is 1. The highest BCUT2D eigenvalue weighted by Gasteiger charge is 2.03. The number of benzene rings is 1. The maximum absolute atomic E-state index is 10.5. The van der Waals surface area contributed by atoms with Gasteiger partial charge in [-0.05, 0) is 19.1 Å². The highest BCUT2D eigenvalue weighted by molar-refractivity contribution is 7.13. The first-order valence-electron chi connectivity index (χ1n) is 5.80. The maximum atomic E-state index is 10.5. The third-order valence-electron chi connectivity index (χ3n) is 2.25. The van der Waals surface area contributed by atoms with E-state index < -0.39 is 5.97 Å². The molecule has 0 atom stereocenters. The maximum Gasteiger partial charge on any atom is 0.341 e. The molecule has 0 radical (unpaired) electrons. The van der Waals surface area contributed by atoms with Crippen molar-refractivity contribution in [3.63, 3.8) is 0 Å². The fourth-order valence-electron chi connectivity index (χ4n) is 1.42. The van der Waals surface area contributed by atoms with Gasteiger partial charge in [-0.3, -0.25) is 5.43 Å². The van der Waals surface area contributed by atoms with Crippen molar-refractivity contribution in [3.8, 4) is 5.75 Å². The Balaban J connectivity index is 2.02. The molecule has 0 aliphatic rings. The molecule has 0 saturated carbocycles. The largest absolute Gasteiger partial charge is 0.481 e. The van der Waals surface area contributed by atoms with E-state index in [1.807, 2.05) is 18.4 Å². The van der Waals surface area contributed by atoms with Crippen LogP contribution in [-0.2, 0) is 4.79 Å². The Labute approximate surface area is 119 Å². The molecule has 2 rings (SSSR count). The van der Waals surface area contributed by atoms with Gasteiger partial charge in [-0.25, -0.2) is 9.78 Å². The van der Waals surface area contributed by atoms with Crippen molar-refractivity contribution >= 4 is 28.7 Å². The van der Waals surface area contributed by atoms with E-state index in [1.165, 1.54) is 11.3 Å². The number of carboxylic acid groups (broad SMARTS) is 1. The van der Waals surface area contributed by atoms with E-state index in [2.05, 4.69) is 15.5 Å². The second-order valence-corrected chi connectivity index (χ2v) is 4.74. The number of carbonyl (C=O) groups is 1. The standard InChI is InChI=1S/C13H13N3O3S/c1-9-8-20-13(15-9)16-14-6-10-4-2-3-5-11(10)19-7-12(17)18/h2-6,8H,7H2,1H3,(H,15,16)(H,17,18). The van der Waals surface area contributed by atoms with Gasteiger partial charge in [0.25, 0.3) is 0 Å². The van der Waals surface area contributed by atoms with Crippen LogP contribution in [0.3, 0.4) is 0 Å². The lowest BCUT2D eigenvalue weighted by atomic mass is 10.2. The second-order valence-electron chi connectivity index (χ2n) is 3.88. The van der Waals surface area contributed by atoms with E-state index in [1.54, 1.807) is 24.4 Å². The van der Waals surface area contributed by atoms with Gasteiger partial charge in [-0.15, -0.1) is 11.3 Å². The predicted molar refractivity (Wildman–Crippen MR) is 77.6 cm³/mol. The Morgan fingerprint density at radius 3 is 3.05 bits per heavy atom. The Bertz CT molecular complexity index is 625. The number of thiazole rings is 1. The van der Waals surface area contributed by atoms with E-state index in [0.29, 0.717) is 16.4 Å². The van der Waals surface area contributed by atoms with Crippen LogP contribution in [0.4, 0.5) is 5.13 Å². The van der Waals surface area contributed by atoms with Crippen LogP contribution in [0.5, 0.6) is 5.75 Å². The Kier molecular flexibility index (Phi) is 4.67. The van der Waals surface area contributed by atoms with E-state index in [4.69, 9.17) is 9.84 Å². The van der Waals surface area contributed by atoms with E-state index in [-0.39, 0.29) is 6.61 Å². The lowest BCUT2D eigenvalue weighted by Gasteiger charge is -2.05. The van der Waals surface area contributed by atoms with Gasteiger partial charge in [0.2, 0.25) is 5.13 Å². The lowest BCUT2D eigenvalue weighted by Crippen LogP contribution is -2.10. The van der Waals surface area contributed by atoms with Crippen molar-refractivity contribution < 1.29 is 14.6 Å². The summed E-state index contributed by atoms with van der Waals surface area (Å²) in [5.74, 6) is -0.552. The summed E-state index contributed by atoms with van der Waals surface area (Å²) in [4.78, 5) is 14.7. The lowest BCUT2D eigenvalue weighted by molar-refractivity contribution is -0.139. The first-order valence-corrected chi connectivity index (χ1v) is 6.68. The number of hydrogen-bond acceptors (Lipinski definition) is 6. The van der Waals surface area contributed by atoms with Crippen LogP contribution >= 0.6 is 11.3 Å². The van der Waals surface area contributed by atoms with Crippen LogP contribution in [0.15, 0.2) is 34.7 Å². The molecule has 7 heteroatoms. The molecule has 0 aliphatic heterocycles. The highest BCUT2D eigenvalue weighted by atomic mass is 32.1. The van der Waals surface area contributed by atoms with Crippen LogP contribution in [0, 0.1) is 6.92 Å². The molecule has 0 saturated heterocycles. The quantitative estimate of drug-likeness (QED) is 0.630. The SMILES string of the molecule is Cc1csc(NN=Cc2ccccc2OCC(=O)O)n1. The number of para-hydroxylation sites is 1. The van der Waals surface area contributed by atoms with Crippen LogP contribution < -0.4 is 10.2 Å². The molecule has 0 spiro atoms. The Morgan fingerprint density at radius 2 is 2.35 bits per heavy atom. The number of ether oxygens (including phenoxy) is 1. The molecule has 0 unspecified atom stereocenters. The van der Waals surface area contributed by atoms with Crippen molar-refractivity contribution in [2.24, 2.45) is 5.10 Å². The summed E-state index contributed by atoms with van der Waals surface area (Å²) in [6.07, 6.45) is 1.56. The van der Waals surface area contributed by atoms with Crippen molar-refractivity contribution in [1.82, 2.24) is 4.98 Å². The summed E-state index contributed by atoms with van der Waals surface area (Å²) in [7, 11) is 0. The molecule has 0 bridgehead atoms. The fourth-order valence-corrected chi connectivity index (χ4v) is 2.06. The number of anilines is 1. The first kappa shape index (κ1) is 14.0. The predicted octanol–water partition coefficient (Wildman–Crippen LogP) is 2.36. The molecule has 0 aliphatic carbocycles. The molecule has 20 heavy (non-hydrogen) atoms. The number of nitrogens with zero attached hydrogens (tertiary/aromatic N) is 2. The average molecular weight is 291 g/mol. The minimum absolute atomic E-state index is 0.385. The molecule has 2 aromatic rings. The van der Waals surface area contributed by atoms with Crippen molar-refractivity contribution in [1.29, 1.82) is 0 Å². The number of rotatable bonds is 6. The summed E-state index contributed by atoms with van der Waals surface area (Å²) in [5, 5.41) is 15.3. The number of nitrogens with one attached hydrogen (secondary N) is 1. The van der Waals surface area contributed by atoms with Crippen molar-refractivity contribution in [2.75, 3.05) is 12.0 Å². The monoisotopic (exact) mass is 291 g/mol. The van der Waals surface area contributed by atoms with Gasteiger partial charge in [0.1, 0.15) is 5.75 Å². The normalized spacial score (nSPS) is 10.7. The fraction of sp³-hybridized carbons (Fsp3) is 0.154. The number of aromatic nitrogens is 1. The second kappa shape index (κ2) is 6.67. The molecule has 1 aromatic heterocycles. The summed E-state index contributed by atoms with van der Waals surface area (Å²) in [6.45, 7) is 1.52. The number of aliphatic carboxylic acids is 1. The van der Waals surface area contributed by atoms with Crippen LogP contribution in [0.2, 0.25) is 0 Å². The van der Waals surface area contributed by atoms with Gasteiger partial charge in [0.15, 0.2) is 6.61 Å². The van der Waals surface area contributed by atoms with Gasteiger partial charge in [-0.2, -0.15) is 5.10 Å². The van der Waals surface area contributed by atoms with Gasteiger partial charge in [0.05, 0.1) is 11.9 Å². The molecule has 1 heterocycles. The molecule has 0 fully saturated rings. The molecule has 0 amide bonds. The zero-order chi connectivity index (χ0) is 14.4. The number of hydrogen-bond donors (Lipinski definition) is 2. The molecule has 2 N–H and O–H groups in total. The Hall–Kier alpha value is -2.41. The Morgan fingerprint density at radius 1 is 1.55 bits per heavy atom. The van der Waals surface area contributed by atoms with Gasteiger partial charge < -0.3 is 9.84 Å². The third-order valence-corrected chi connectivity index (χ3v) is 3.12. The van der Waals surface area contributed by atoms with Gasteiger partial charge >= 0.3 is 5.97 Å². The minimum Gasteiger partial charge on any atom is -0.481 e. The smallest absolute Gasteiger partial charge is 0.341 e. The van der Waals surface area contributed by atoms with Crippen LogP contribution in [0.25, 0.3) is 0 Å². The van der Waals surface area contributed by atoms with Crippen molar-refractivity contribution in [2.45, 2.75) is 6.92 Å². The van der Waals surface area contributed by atoms with Gasteiger partial charge in [-0.1, -0.05) is 12.1 Å². The zero-order valence-corrected chi connectivity index (χ0v) is 11.6. The topological polar surface area (TPSA) is 83.8 Å². The minimum atomic E-state index is -1.02. The van der Waals surface area contributed by atoms with E-state index in [0.717, 1.165) is 5.69 Å². The first-order chi connectivity index (χ1) is 9.65. The number of aryl methyl sites for hydroxylation is 1. The summed E-state index contributed by atoms with van der Waals surface area (Å²) in [5.41, 5.74) is 4.43. The summed E-state index contributed by atoms with van der Waals surface area (Å²) >= 11 is 1.46. The summed E-state index contributed by atoms with van der Waals surface area (Å²) < 4.78 is 5.17. The van der Waals surface area contributed by atoms with Gasteiger partial charge in [0, 0.05) is 10.9 Å². The van der Waals surface area contributed by atoms with Crippen LogP contribution in [-0.4, -0.2) is 28.9 Å².